The highest BCUT2D eigenvalue weighted by Crippen LogP contribution is 2.35. The second kappa shape index (κ2) is 6.76. The van der Waals surface area contributed by atoms with Crippen molar-refractivity contribution in [2.75, 3.05) is 7.11 Å². The number of hydrogen-bond donors (Lipinski definition) is 0. The van der Waals surface area contributed by atoms with Gasteiger partial charge in [0.2, 0.25) is 0 Å². The van der Waals surface area contributed by atoms with E-state index in [0.717, 1.165) is 0 Å². The molecule has 0 unspecified atom stereocenters. The summed E-state index contributed by atoms with van der Waals surface area (Å²) < 4.78 is 29.4. The molecule has 0 atom stereocenters. The van der Waals surface area contributed by atoms with Crippen LogP contribution in [0.2, 0.25) is 0 Å². The average molecular weight is 295 g/mol. The minimum atomic E-state index is -3.71. The summed E-state index contributed by atoms with van der Waals surface area (Å²) in [6, 6.07) is 8.38. The molecule has 4 nitrogen and oxygen atoms in total. The van der Waals surface area contributed by atoms with Crippen LogP contribution in [0, 0.1) is 11.3 Å². The van der Waals surface area contributed by atoms with Crippen molar-refractivity contribution in [2.45, 2.75) is 49.2 Å². The first-order chi connectivity index (χ1) is 9.47. The Kier molecular flexibility index (Phi) is 5.58. The number of nitrogens with zero attached hydrogens (tertiary/aromatic N) is 1. The van der Waals surface area contributed by atoms with Gasteiger partial charge in [-0.15, -0.1) is 0 Å². The lowest BCUT2D eigenvalue weighted by atomic mass is 9.99. The Morgan fingerprint density at radius 1 is 1.25 bits per heavy atom. The topological polar surface area (TPSA) is 67.2 Å². The number of benzene rings is 1. The van der Waals surface area contributed by atoms with Crippen LogP contribution in [-0.2, 0) is 9.84 Å². The summed E-state index contributed by atoms with van der Waals surface area (Å²) in [5.74, 6) is 0.478. The van der Waals surface area contributed by atoms with E-state index in [4.69, 9.17) is 4.74 Å². The second-order valence-corrected chi connectivity index (χ2v) is 7.05. The van der Waals surface area contributed by atoms with E-state index in [1.54, 1.807) is 12.1 Å². The van der Waals surface area contributed by atoms with Crippen LogP contribution in [0.4, 0.5) is 0 Å². The van der Waals surface area contributed by atoms with Crippen LogP contribution in [0.3, 0.4) is 0 Å². The molecule has 0 aliphatic heterocycles. The van der Waals surface area contributed by atoms with E-state index in [1.165, 1.54) is 19.2 Å². The van der Waals surface area contributed by atoms with E-state index in [1.807, 2.05) is 13.8 Å². The average Bonchev–Trinajstić information content (AvgIpc) is 2.46. The monoisotopic (exact) mass is 295 g/mol. The molecule has 20 heavy (non-hydrogen) atoms. The fourth-order valence-electron chi connectivity index (χ4n) is 2.37. The third kappa shape index (κ3) is 2.96. The zero-order chi connectivity index (χ0) is 15.2. The van der Waals surface area contributed by atoms with Crippen LogP contribution in [0.25, 0.3) is 0 Å². The van der Waals surface area contributed by atoms with Gasteiger partial charge in [-0.3, -0.25) is 0 Å². The predicted molar refractivity (Wildman–Crippen MR) is 78.3 cm³/mol. The zero-order valence-electron chi connectivity index (χ0n) is 12.2. The first-order valence-electron chi connectivity index (χ1n) is 6.77. The minimum absolute atomic E-state index is 0.153. The maximum Gasteiger partial charge on any atom is 0.197 e. The summed E-state index contributed by atoms with van der Waals surface area (Å²) in [7, 11) is -2.22. The molecule has 0 aliphatic rings. The number of ether oxygens (including phenoxy) is 1. The third-order valence-corrected chi connectivity index (χ3v) is 5.78. The van der Waals surface area contributed by atoms with E-state index in [9.17, 15) is 13.7 Å². The van der Waals surface area contributed by atoms with Crippen molar-refractivity contribution in [1.29, 1.82) is 5.26 Å². The molecule has 0 amide bonds. The molecule has 0 bridgehead atoms. The maximum absolute atomic E-state index is 12.9. The molecule has 0 saturated carbocycles. The summed E-state index contributed by atoms with van der Waals surface area (Å²) in [4.78, 5) is 0.153. The second-order valence-electron chi connectivity index (χ2n) is 4.79. The SMILES string of the molecule is CCCC(C#N)(CCC)S(=O)(=O)c1cccc(OC)c1. The zero-order valence-corrected chi connectivity index (χ0v) is 13.0. The highest BCUT2D eigenvalue weighted by Gasteiger charge is 2.43. The van der Waals surface area contributed by atoms with Crippen molar-refractivity contribution in [1.82, 2.24) is 0 Å². The fourth-order valence-corrected chi connectivity index (χ4v) is 4.41. The summed E-state index contributed by atoms with van der Waals surface area (Å²) in [6.45, 7) is 3.78. The lowest BCUT2D eigenvalue weighted by molar-refractivity contribution is 0.413. The summed E-state index contributed by atoms with van der Waals surface area (Å²) in [5, 5.41) is 9.50. The summed E-state index contributed by atoms with van der Waals surface area (Å²) in [6.07, 6.45) is 1.99. The Hall–Kier alpha value is -1.54. The van der Waals surface area contributed by atoms with Gasteiger partial charge in [0.25, 0.3) is 0 Å². The van der Waals surface area contributed by atoms with Crippen molar-refractivity contribution in [3.8, 4) is 11.8 Å². The molecule has 1 aromatic rings. The molecule has 0 saturated heterocycles. The highest BCUT2D eigenvalue weighted by atomic mass is 32.2. The smallest absolute Gasteiger partial charge is 0.197 e. The Bertz CT molecular complexity index is 581. The highest BCUT2D eigenvalue weighted by molar-refractivity contribution is 7.93. The van der Waals surface area contributed by atoms with E-state index < -0.39 is 14.6 Å². The van der Waals surface area contributed by atoms with Crippen molar-refractivity contribution < 1.29 is 13.2 Å². The molecule has 110 valence electrons. The Labute approximate surface area is 121 Å². The first-order valence-corrected chi connectivity index (χ1v) is 8.25. The van der Waals surface area contributed by atoms with E-state index >= 15 is 0 Å². The fraction of sp³-hybridized carbons (Fsp3) is 0.533. The standard InChI is InChI=1S/C15H21NO3S/c1-4-9-15(12-16,10-5-2)20(17,18)14-8-6-7-13(11-14)19-3/h6-8,11H,4-5,9-10H2,1-3H3. The number of nitriles is 1. The quantitative estimate of drug-likeness (QED) is 0.773. The minimum Gasteiger partial charge on any atom is -0.497 e. The van der Waals surface area contributed by atoms with Gasteiger partial charge in [0.05, 0.1) is 18.1 Å². The molecule has 0 aromatic heterocycles. The number of sulfone groups is 1. The van der Waals surface area contributed by atoms with Gasteiger partial charge in [-0.25, -0.2) is 8.42 Å². The molecule has 0 N–H and O–H groups in total. The van der Waals surface area contributed by atoms with E-state index in [-0.39, 0.29) is 4.90 Å². The van der Waals surface area contributed by atoms with Crippen LogP contribution < -0.4 is 4.74 Å². The van der Waals surface area contributed by atoms with Crippen LogP contribution in [0.5, 0.6) is 5.75 Å². The normalized spacial score (nSPS) is 11.9. The number of rotatable bonds is 7. The van der Waals surface area contributed by atoms with Gasteiger partial charge in [-0.2, -0.15) is 5.26 Å². The van der Waals surface area contributed by atoms with Gasteiger partial charge >= 0.3 is 0 Å². The van der Waals surface area contributed by atoms with Crippen LogP contribution in [0.15, 0.2) is 29.2 Å². The molecule has 5 heteroatoms. The van der Waals surface area contributed by atoms with Crippen molar-refractivity contribution in [2.24, 2.45) is 0 Å². The van der Waals surface area contributed by atoms with Crippen LogP contribution in [0.1, 0.15) is 39.5 Å². The van der Waals surface area contributed by atoms with Gasteiger partial charge in [0.1, 0.15) is 5.75 Å². The van der Waals surface area contributed by atoms with Crippen molar-refractivity contribution >= 4 is 9.84 Å². The van der Waals surface area contributed by atoms with Crippen LogP contribution in [-0.4, -0.2) is 20.3 Å². The van der Waals surface area contributed by atoms with Crippen LogP contribution >= 0.6 is 0 Å². The Morgan fingerprint density at radius 3 is 2.30 bits per heavy atom. The van der Waals surface area contributed by atoms with Crippen molar-refractivity contribution in [3.05, 3.63) is 24.3 Å². The molecular formula is C15H21NO3S. The summed E-state index contributed by atoms with van der Waals surface area (Å²) in [5.41, 5.74) is 0. The van der Waals surface area contributed by atoms with Crippen molar-refractivity contribution in [3.63, 3.8) is 0 Å². The van der Waals surface area contributed by atoms with Gasteiger partial charge < -0.3 is 4.74 Å². The van der Waals surface area contributed by atoms with Gasteiger partial charge in [0.15, 0.2) is 14.6 Å². The van der Waals surface area contributed by atoms with Gasteiger partial charge in [0, 0.05) is 0 Å². The molecule has 0 fully saturated rings. The molecule has 0 heterocycles. The first kappa shape index (κ1) is 16.5. The number of hydrogen-bond acceptors (Lipinski definition) is 4. The molecule has 0 aliphatic carbocycles. The lowest BCUT2D eigenvalue weighted by Gasteiger charge is -2.26. The molecule has 0 spiro atoms. The Balaban J connectivity index is 3.39. The maximum atomic E-state index is 12.9. The Morgan fingerprint density at radius 2 is 1.85 bits per heavy atom. The van der Waals surface area contributed by atoms with E-state index in [0.29, 0.717) is 31.4 Å². The number of methoxy groups -OCH3 is 1. The van der Waals surface area contributed by atoms with Gasteiger partial charge in [-0.05, 0) is 31.0 Å². The lowest BCUT2D eigenvalue weighted by Crippen LogP contribution is -2.37. The third-order valence-electron chi connectivity index (χ3n) is 3.38. The molecule has 1 aromatic carbocycles. The molecular weight excluding hydrogens is 274 g/mol. The van der Waals surface area contributed by atoms with E-state index in [2.05, 4.69) is 6.07 Å². The molecule has 1 rings (SSSR count). The van der Waals surface area contributed by atoms with Gasteiger partial charge in [-0.1, -0.05) is 32.8 Å². The predicted octanol–water partition coefficient (Wildman–Crippen LogP) is 3.33. The molecule has 0 radical (unpaired) electrons. The summed E-state index contributed by atoms with van der Waals surface area (Å²) >= 11 is 0. The largest absolute Gasteiger partial charge is 0.497 e.